The number of aromatic nitrogens is 1. The maximum atomic E-state index is 11.8. The van der Waals surface area contributed by atoms with Crippen LogP contribution in [0.2, 0.25) is 0 Å². The van der Waals surface area contributed by atoms with Crippen molar-refractivity contribution in [2.75, 3.05) is 0 Å². The van der Waals surface area contributed by atoms with E-state index in [1.165, 1.54) is 18.6 Å². The van der Waals surface area contributed by atoms with E-state index in [-0.39, 0.29) is 24.7 Å². The lowest BCUT2D eigenvalue weighted by Crippen LogP contribution is -2.24. The fourth-order valence-corrected chi connectivity index (χ4v) is 2.42. The third kappa shape index (κ3) is 8.08. The van der Waals surface area contributed by atoms with Gasteiger partial charge in [-0.25, -0.2) is 0 Å². The number of hydrogen-bond acceptors (Lipinski definition) is 5. The van der Waals surface area contributed by atoms with Crippen molar-refractivity contribution in [1.82, 2.24) is 4.57 Å². The molecule has 1 aromatic heterocycles. The molecule has 2 rings (SSSR count). The molecule has 0 amide bonds. The molecule has 0 bridgehead atoms. The third-order valence-electron chi connectivity index (χ3n) is 3.30. The van der Waals surface area contributed by atoms with E-state index in [1.807, 2.05) is 13.8 Å². The van der Waals surface area contributed by atoms with Crippen molar-refractivity contribution in [3.05, 3.63) is 40.1 Å². The number of carbonyl (C=O) groups is 1. The fraction of sp³-hybridized carbons (Fsp3) is 0.571. The number of aryl methyl sites for hydroxylation is 1. The van der Waals surface area contributed by atoms with Crippen molar-refractivity contribution in [3.63, 3.8) is 0 Å². The summed E-state index contributed by atoms with van der Waals surface area (Å²) >= 11 is 0. The molecule has 0 radical (unpaired) electrons. The molecule has 0 unspecified atom stereocenters. The van der Waals surface area contributed by atoms with Crippen LogP contribution in [0.4, 0.5) is 5.69 Å². The van der Waals surface area contributed by atoms with Gasteiger partial charge in [0.15, 0.2) is 0 Å². The largest absolute Gasteiger partial charge is 0.460 e. The molecule has 1 N–H and O–H groups in total. The number of nitro benzene ring substituents is 1. The number of carbonyl (C=O) groups excluding carboxylic acids is 1. The van der Waals surface area contributed by atoms with Crippen LogP contribution in [-0.4, -0.2) is 26.2 Å². The molecular formula is C21H34N2O5. The molecule has 7 nitrogen and oxygen atoms in total. The van der Waals surface area contributed by atoms with Gasteiger partial charge in [0.2, 0.25) is 0 Å². The SMILES string of the molecule is CC.CC(C)(C)OC(=O)CCn1c(CO)cc2cc([N+](=O)[O-])ccc21.CCC. The Labute approximate surface area is 167 Å². The quantitative estimate of drug-likeness (QED) is 0.426. The normalized spacial score (nSPS) is 10.4. The lowest BCUT2D eigenvalue weighted by Gasteiger charge is -2.19. The second-order valence-electron chi connectivity index (χ2n) is 6.99. The number of hydrogen-bond donors (Lipinski definition) is 1. The van der Waals surface area contributed by atoms with Gasteiger partial charge >= 0.3 is 5.97 Å². The van der Waals surface area contributed by atoms with Gasteiger partial charge in [-0.3, -0.25) is 14.9 Å². The van der Waals surface area contributed by atoms with Crippen LogP contribution in [0.3, 0.4) is 0 Å². The van der Waals surface area contributed by atoms with Gasteiger partial charge in [0, 0.05) is 35.3 Å². The number of benzene rings is 1. The zero-order valence-corrected chi connectivity index (χ0v) is 18.1. The number of rotatable bonds is 5. The number of non-ortho nitro benzene ring substituents is 1. The molecule has 0 aliphatic carbocycles. The number of nitro groups is 1. The van der Waals surface area contributed by atoms with E-state index in [0.29, 0.717) is 17.6 Å². The summed E-state index contributed by atoms with van der Waals surface area (Å²) < 4.78 is 7.05. The molecule has 1 heterocycles. The monoisotopic (exact) mass is 394 g/mol. The average Bonchev–Trinajstić information content (AvgIpc) is 2.97. The lowest BCUT2D eigenvalue weighted by molar-refractivity contribution is -0.384. The van der Waals surface area contributed by atoms with Gasteiger partial charge in [0.1, 0.15) is 5.60 Å². The van der Waals surface area contributed by atoms with E-state index in [9.17, 15) is 20.0 Å². The van der Waals surface area contributed by atoms with Crippen molar-refractivity contribution >= 4 is 22.6 Å². The van der Waals surface area contributed by atoms with Crippen LogP contribution in [-0.2, 0) is 22.7 Å². The first-order valence-corrected chi connectivity index (χ1v) is 9.72. The number of aliphatic hydroxyl groups is 1. The molecule has 0 saturated heterocycles. The molecule has 0 aliphatic rings. The zero-order chi connectivity index (χ0) is 21.9. The summed E-state index contributed by atoms with van der Waals surface area (Å²) in [5.41, 5.74) is 0.787. The highest BCUT2D eigenvalue weighted by Crippen LogP contribution is 2.25. The Hall–Kier alpha value is -2.41. The van der Waals surface area contributed by atoms with Crippen molar-refractivity contribution in [3.8, 4) is 0 Å². The van der Waals surface area contributed by atoms with Crippen LogP contribution in [0.25, 0.3) is 10.9 Å². The molecule has 0 fully saturated rings. The van der Waals surface area contributed by atoms with Gasteiger partial charge in [-0.15, -0.1) is 0 Å². The van der Waals surface area contributed by atoms with Gasteiger partial charge in [-0.2, -0.15) is 0 Å². The van der Waals surface area contributed by atoms with E-state index < -0.39 is 10.5 Å². The summed E-state index contributed by atoms with van der Waals surface area (Å²) in [7, 11) is 0. The standard InChI is InChI=1S/C16H20N2O5.C3H8.C2H6/c1-16(2,3)23-15(20)6-7-17-13(10-19)9-11-8-12(18(21)22)4-5-14(11)17;1-3-2;1-2/h4-5,8-9,19H,6-7,10H2,1-3H3;3H2,1-2H3;1-2H3. The Morgan fingerprint density at radius 2 is 1.79 bits per heavy atom. The Kier molecular flexibility index (Phi) is 11.1. The highest BCUT2D eigenvalue weighted by atomic mass is 16.6. The molecular weight excluding hydrogens is 360 g/mol. The molecule has 2 aromatic rings. The molecule has 28 heavy (non-hydrogen) atoms. The number of esters is 1. The third-order valence-corrected chi connectivity index (χ3v) is 3.30. The molecule has 0 saturated carbocycles. The minimum absolute atomic E-state index is 0.00807. The molecule has 0 atom stereocenters. The Morgan fingerprint density at radius 1 is 1.21 bits per heavy atom. The summed E-state index contributed by atoms with van der Waals surface area (Å²) in [5.74, 6) is -0.329. The summed E-state index contributed by atoms with van der Waals surface area (Å²) in [5, 5.41) is 21.0. The van der Waals surface area contributed by atoms with E-state index in [4.69, 9.17) is 4.74 Å². The van der Waals surface area contributed by atoms with Crippen LogP contribution in [0, 0.1) is 10.1 Å². The Balaban J connectivity index is 0.00000133. The predicted octanol–water partition coefficient (Wildman–Crippen LogP) is 5.22. The molecule has 7 heteroatoms. The molecule has 158 valence electrons. The minimum Gasteiger partial charge on any atom is -0.460 e. The van der Waals surface area contributed by atoms with Crippen molar-refractivity contribution in [1.29, 1.82) is 0 Å². The first kappa shape index (κ1) is 25.6. The van der Waals surface area contributed by atoms with Crippen molar-refractivity contribution < 1.29 is 19.6 Å². The topological polar surface area (TPSA) is 94.6 Å². The van der Waals surface area contributed by atoms with E-state index >= 15 is 0 Å². The summed E-state index contributed by atoms with van der Waals surface area (Å²) in [4.78, 5) is 22.2. The molecule has 0 spiro atoms. The summed E-state index contributed by atoms with van der Waals surface area (Å²) in [6.45, 7) is 13.8. The highest BCUT2D eigenvalue weighted by molar-refractivity contribution is 5.84. The zero-order valence-electron chi connectivity index (χ0n) is 18.1. The first-order valence-electron chi connectivity index (χ1n) is 9.72. The summed E-state index contributed by atoms with van der Waals surface area (Å²) in [6.07, 6.45) is 1.41. The smallest absolute Gasteiger partial charge is 0.308 e. The summed E-state index contributed by atoms with van der Waals surface area (Å²) in [6, 6.07) is 6.19. The van der Waals surface area contributed by atoms with Gasteiger partial charge in [0.05, 0.1) is 18.0 Å². The van der Waals surface area contributed by atoms with Gasteiger partial charge < -0.3 is 14.4 Å². The van der Waals surface area contributed by atoms with Crippen molar-refractivity contribution in [2.45, 2.75) is 80.1 Å². The van der Waals surface area contributed by atoms with Crippen LogP contribution in [0.1, 0.15) is 67.0 Å². The average molecular weight is 395 g/mol. The van der Waals surface area contributed by atoms with Crippen LogP contribution in [0.5, 0.6) is 0 Å². The van der Waals surface area contributed by atoms with Crippen LogP contribution < -0.4 is 0 Å². The Bertz CT molecular complexity index is 760. The van der Waals surface area contributed by atoms with Gasteiger partial charge in [-0.1, -0.05) is 34.1 Å². The van der Waals surface area contributed by atoms with Gasteiger partial charge in [-0.05, 0) is 32.9 Å². The van der Waals surface area contributed by atoms with E-state index in [1.54, 1.807) is 37.5 Å². The van der Waals surface area contributed by atoms with Crippen LogP contribution in [0.15, 0.2) is 24.3 Å². The van der Waals surface area contributed by atoms with Gasteiger partial charge in [0.25, 0.3) is 5.69 Å². The number of fused-ring (bicyclic) bond motifs is 1. The van der Waals surface area contributed by atoms with E-state index in [2.05, 4.69) is 13.8 Å². The first-order chi connectivity index (χ1) is 13.1. The number of ether oxygens (including phenoxy) is 1. The number of nitrogens with zero attached hydrogens (tertiary/aromatic N) is 2. The number of aliphatic hydroxyl groups excluding tert-OH is 1. The molecule has 1 aromatic carbocycles. The van der Waals surface area contributed by atoms with Crippen molar-refractivity contribution in [2.24, 2.45) is 0 Å². The van der Waals surface area contributed by atoms with Crippen LogP contribution >= 0.6 is 0 Å². The fourth-order valence-electron chi connectivity index (χ4n) is 2.42. The van der Waals surface area contributed by atoms with E-state index in [0.717, 1.165) is 5.52 Å². The Morgan fingerprint density at radius 3 is 2.25 bits per heavy atom. The second kappa shape index (κ2) is 12.1. The molecule has 0 aliphatic heterocycles. The highest BCUT2D eigenvalue weighted by Gasteiger charge is 2.18. The minimum atomic E-state index is -0.545. The maximum Gasteiger partial charge on any atom is 0.308 e. The lowest BCUT2D eigenvalue weighted by atomic mass is 10.2. The predicted molar refractivity (Wildman–Crippen MR) is 112 cm³/mol. The maximum absolute atomic E-state index is 11.8. The second-order valence-corrected chi connectivity index (χ2v) is 6.99.